The van der Waals surface area contributed by atoms with Gasteiger partial charge in [-0.1, -0.05) is 18.2 Å². The predicted molar refractivity (Wildman–Crippen MR) is 70.2 cm³/mol. The molecular weight excluding hydrogens is 269 g/mol. The van der Waals surface area contributed by atoms with Gasteiger partial charge in [0.05, 0.1) is 0 Å². The zero-order chi connectivity index (χ0) is 14.6. The van der Waals surface area contributed by atoms with Crippen LogP contribution >= 0.6 is 0 Å². The second-order valence-corrected chi connectivity index (χ2v) is 4.51. The number of rotatable bonds is 5. The average molecular weight is 284 g/mol. The quantitative estimate of drug-likeness (QED) is 0.858. The molecule has 0 radical (unpaired) electrons. The van der Waals surface area contributed by atoms with Gasteiger partial charge in [0, 0.05) is 30.4 Å². The zero-order valence-corrected chi connectivity index (χ0v) is 10.7. The molecule has 0 aliphatic carbocycles. The minimum absolute atomic E-state index is 0.0256. The molecule has 0 spiro atoms. The Balaban J connectivity index is 1.99. The minimum Gasteiger partial charge on any atom is -0.372 e. The van der Waals surface area contributed by atoms with E-state index in [1.54, 1.807) is 12.4 Å². The highest BCUT2D eigenvalue weighted by Crippen LogP contribution is 2.24. The van der Waals surface area contributed by atoms with E-state index < -0.39 is 12.8 Å². The van der Waals surface area contributed by atoms with Crippen molar-refractivity contribution in [1.29, 1.82) is 0 Å². The number of fused-ring (bicyclic) bond motifs is 1. The van der Waals surface area contributed by atoms with Gasteiger partial charge in [0.15, 0.2) is 0 Å². The molecular formula is C14H15F3N2O. The van der Waals surface area contributed by atoms with Crippen LogP contribution in [0.5, 0.6) is 0 Å². The van der Waals surface area contributed by atoms with Crippen molar-refractivity contribution in [3.05, 3.63) is 42.2 Å². The lowest BCUT2D eigenvalue weighted by atomic mass is 9.99. The molecule has 0 saturated carbocycles. The first kappa shape index (κ1) is 14.7. The van der Waals surface area contributed by atoms with Gasteiger partial charge < -0.3 is 10.5 Å². The van der Waals surface area contributed by atoms with E-state index in [9.17, 15) is 13.2 Å². The van der Waals surface area contributed by atoms with Crippen molar-refractivity contribution in [2.75, 3.05) is 13.2 Å². The fraction of sp³-hybridized carbons (Fsp3) is 0.357. The largest absolute Gasteiger partial charge is 0.411 e. The number of nitrogens with two attached hydrogens (primary N) is 1. The second kappa shape index (κ2) is 6.19. The molecule has 1 atom stereocenters. The van der Waals surface area contributed by atoms with Gasteiger partial charge >= 0.3 is 6.18 Å². The molecule has 1 heterocycles. The van der Waals surface area contributed by atoms with Gasteiger partial charge in [-0.2, -0.15) is 13.2 Å². The van der Waals surface area contributed by atoms with Crippen molar-refractivity contribution >= 4 is 10.8 Å². The number of hydrogen-bond donors (Lipinski definition) is 1. The third kappa shape index (κ3) is 3.91. The van der Waals surface area contributed by atoms with Gasteiger partial charge in [0.2, 0.25) is 0 Å². The molecule has 3 nitrogen and oxygen atoms in total. The Hall–Kier alpha value is -1.66. The molecule has 1 aromatic heterocycles. The van der Waals surface area contributed by atoms with Gasteiger partial charge in [-0.25, -0.2) is 0 Å². The summed E-state index contributed by atoms with van der Waals surface area (Å²) in [5, 5.41) is 1.92. The molecule has 1 aromatic carbocycles. The summed E-state index contributed by atoms with van der Waals surface area (Å²) in [5.41, 5.74) is 6.92. The molecule has 2 rings (SSSR count). The average Bonchev–Trinajstić information content (AvgIpc) is 2.41. The van der Waals surface area contributed by atoms with E-state index in [0.717, 1.165) is 16.3 Å². The predicted octanol–water partition coefficient (Wildman–Crippen LogP) is 3.20. The summed E-state index contributed by atoms with van der Waals surface area (Å²) < 4.78 is 40.4. The molecule has 20 heavy (non-hydrogen) atoms. The summed E-state index contributed by atoms with van der Waals surface area (Å²) in [6, 6.07) is 7.13. The Morgan fingerprint density at radius 2 is 2.05 bits per heavy atom. The maximum atomic E-state index is 11.9. The first-order chi connectivity index (χ1) is 9.47. The van der Waals surface area contributed by atoms with Crippen LogP contribution in [0, 0.1) is 0 Å². The normalized spacial score (nSPS) is 13.6. The van der Waals surface area contributed by atoms with Gasteiger partial charge in [-0.05, 0) is 23.4 Å². The van der Waals surface area contributed by atoms with Crippen LogP contribution in [0.4, 0.5) is 13.2 Å². The highest BCUT2D eigenvalue weighted by Gasteiger charge is 2.27. The Morgan fingerprint density at radius 3 is 2.80 bits per heavy atom. The van der Waals surface area contributed by atoms with E-state index >= 15 is 0 Å². The number of pyridine rings is 1. The second-order valence-electron chi connectivity index (χ2n) is 4.51. The van der Waals surface area contributed by atoms with Crippen LogP contribution in [-0.4, -0.2) is 24.4 Å². The molecule has 0 fully saturated rings. The Labute approximate surface area is 114 Å². The highest BCUT2D eigenvalue weighted by atomic mass is 19.4. The maximum absolute atomic E-state index is 11.9. The van der Waals surface area contributed by atoms with Crippen LogP contribution in [0.3, 0.4) is 0 Å². The highest BCUT2D eigenvalue weighted by molar-refractivity contribution is 5.85. The molecule has 0 bridgehead atoms. The number of nitrogens with zero attached hydrogens (tertiary/aromatic N) is 1. The van der Waals surface area contributed by atoms with E-state index in [0.29, 0.717) is 6.42 Å². The third-order valence-electron chi connectivity index (χ3n) is 2.95. The summed E-state index contributed by atoms with van der Waals surface area (Å²) >= 11 is 0. The monoisotopic (exact) mass is 284 g/mol. The van der Waals surface area contributed by atoms with Gasteiger partial charge in [0.1, 0.15) is 6.61 Å². The van der Waals surface area contributed by atoms with Crippen molar-refractivity contribution in [2.24, 2.45) is 5.73 Å². The van der Waals surface area contributed by atoms with Crippen LogP contribution in [0.15, 0.2) is 36.7 Å². The molecule has 108 valence electrons. The van der Waals surface area contributed by atoms with Crippen LogP contribution in [0.25, 0.3) is 10.8 Å². The summed E-state index contributed by atoms with van der Waals surface area (Å²) in [5.74, 6) is 0. The number of benzene rings is 1. The number of ether oxygens (including phenoxy) is 1. The van der Waals surface area contributed by atoms with Crippen LogP contribution < -0.4 is 5.73 Å². The molecule has 1 unspecified atom stereocenters. The van der Waals surface area contributed by atoms with Crippen molar-refractivity contribution < 1.29 is 17.9 Å². The lowest BCUT2D eigenvalue weighted by molar-refractivity contribution is -0.174. The maximum Gasteiger partial charge on any atom is 0.411 e. The first-order valence-electron chi connectivity index (χ1n) is 6.20. The summed E-state index contributed by atoms with van der Waals surface area (Å²) in [7, 11) is 0. The molecule has 6 heteroatoms. The van der Waals surface area contributed by atoms with Gasteiger partial charge in [-0.3, -0.25) is 4.98 Å². The van der Waals surface area contributed by atoms with Crippen molar-refractivity contribution in [2.45, 2.75) is 18.6 Å². The van der Waals surface area contributed by atoms with Crippen molar-refractivity contribution in [1.82, 2.24) is 4.98 Å². The molecule has 0 amide bonds. The van der Waals surface area contributed by atoms with Crippen LogP contribution in [0.2, 0.25) is 0 Å². The standard InChI is InChI=1S/C14H15F3N2O/c15-14(16,17)9-20-7-5-13(18)12-3-1-2-10-8-19-6-4-11(10)12/h1-4,6,8,13H,5,7,9,18H2. The SMILES string of the molecule is NC(CCOCC(F)(F)F)c1cccc2cnccc12. The number of aromatic nitrogens is 1. The third-order valence-corrected chi connectivity index (χ3v) is 2.95. The number of alkyl halides is 3. The van der Waals surface area contributed by atoms with E-state index in [1.165, 1.54) is 0 Å². The number of halogens is 3. The Bertz CT molecular complexity index is 566. The van der Waals surface area contributed by atoms with Crippen molar-refractivity contribution in [3.63, 3.8) is 0 Å². The lowest BCUT2D eigenvalue weighted by Gasteiger charge is -2.15. The smallest absolute Gasteiger partial charge is 0.372 e. The Kier molecular flexibility index (Phi) is 4.57. The van der Waals surface area contributed by atoms with E-state index in [-0.39, 0.29) is 12.6 Å². The lowest BCUT2D eigenvalue weighted by Crippen LogP contribution is -2.19. The topological polar surface area (TPSA) is 48.1 Å². The first-order valence-corrected chi connectivity index (χ1v) is 6.20. The Morgan fingerprint density at radius 1 is 1.25 bits per heavy atom. The van der Waals surface area contributed by atoms with Gasteiger partial charge in [0.25, 0.3) is 0 Å². The number of hydrogen-bond acceptors (Lipinski definition) is 3. The van der Waals surface area contributed by atoms with Gasteiger partial charge in [-0.15, -0.1) is 0 Å². The molecule has 0 aliphatic rings. The summed E-state index contributed by atoms with van der Waals surface area (Å²) in [6.07, 6.45) is -0.572. The fourth-order valence-corrected chi connectivity index (χ4v) is 2.02. The van der Waals surface area contributed by atoms with E-state index in [1.807, 2.05) is 24.3 Å². The van der Waals surface area contributed by atoms with Crippen LogP contribution in [-0.2, 0) is 4.74 Å². The fourth-order valence-electron chi connectivity index (χ4n) is 2.02. The summed E-state index contributed by atoms with van der Waals surface area (Å²) in [4.78, 5) is 4.03. The van der Waals surface area contributed by atoms with Crippen LogP contribution in [0.1, 0.15) is 18.0 Å². The molecule has 2 N–H and O–H groups in total. The van der Waals surface area contributed by atoms with Crippen molar-refractivity contribution in [3.8, 4) is 0 Å². The van der Waals surface area contributed by atoms with E-state index in [4.69, 9.17) is 5.73 Å². The van der Waals surface area contributed by atoms with E-state index in [2.05, 4.69) is 9.72 Å². The summed E-state index contributed by atoms with van der Waals surface area (Å²) in [6.45, 7) is -1.26. The minimum atomic E-state index is -4.30. The molecule has 0 saturated heterocycles. The molecule has 0 aliphatic heterocycles. The molecule has 2 aromatic rings. The zero-order valence-electron chi connectivity index (χ0n) is 10.7.